The standard InChI is InChI=1S/C73H122O5/c1-3-5-7-9-11-13-15-17-19-21-23-25-27-29-31-32-33-34-35-36-37-38-39-40-42-43-45-47-49-51-53-55-57-59-61-63-65-67-72(75)77-70-71(69-74)78-73(76)68-66-64-62-60-58-56-54-52-50-48-46-44-41-30-28-26-24-22-20-18-16-14-12-10-8-6-4-2/h6,8,12,14-15,17-18,20-21,23-24,26-27,29-30,41,46,48,52,54,58,60,71,74H,3-5,7,9-11,13,16,19,22,25,28,31-40,42-45,47,49-51,53,55-57,59,61-70H2,1-2H3/b8-6-,14-12-,17-15-,20-18-,23-21-,26-24-,29-27-,41-30-,48-46-,54-52-,60-58-. The molecule has 0 radical (unpaired) electrons. The second-order valence-electron chi connectivity index (χ2n) is 21.5. The molecule has 0 amide bonds. The fourth-order valence-electron chi connectivity index (χ4n) is 9.05. The Morgan fingerprint density at radius 1 is 0.308 bits per heavy atom. The summed E-state index contributed by atoms with van der Waals surface area (Å²) >= 11 is 0. The van der Waals surface area contributed by atoms with E-state index in [1.165, 1.54) is 167 Å². The number of carbonyl (C=O) groups excluding carboxylic acids is 2. The molecule has 0 saturated carbocycles. The number of unbranched alkanes of at least 4 members (excludes halogenated alkanes) is 29. The monoisotopic (exact) mass is 1080 g/mol. The van der Waals surface area contributed by atoms with Crippen LogP contribution < -0.4 is 0 Å². The second-order valence-corrected chi connectivity index (χ2v) is 21.5. The van der Waals surface area contributed by atoms with E-state index in [4.69, 9.17) is 9.47 Å². The molecule has 0 aromatic heterocycles. The van der Waals surface area contributed by atoms with E-state index in [9.17, 15) is 14.7 Å². The van der Waals surface area contributed by atoms with E-state index in [1.54, 1.807) is 0 Å². The van der Waals surface area contributed by atoms with Crippen molar-refractivity contribution in [3.63, 3.8) is 0 Å². The van der Waals surface area contributed by atoms with Crippen LogP contribution in [0.4, 0.5) is 0 Å². The number of ether oxygens (including phenoxy) is 2. The molecule has 0 aliphatic carbocycles. The molecule has 78 heavy (non-hydrogen) atoms. The molecule has 0 bridgehead atoms. The van der Waals surface area contributed by atoms with Gasteiger partial charge in [-0.3, -0.25) is 9.59 Å². The van der Waals surface area contributed by atoms with Crippen LogP contribution in [0.1, 0.15) is 296 Å². The molecule has 5 heteroatoms. The number of allylic oxidation sites excluding steroid dienone is 22. The molecule has 0 rings (SSSR count). The number of hydrogen-bond donors (Lipinski definition) is 1. The molecule has 5 nitrogen and oxygen atoms in total. The SMILES string of the molecule is CC/C=C\C/C=C\C/C=C\C/C=C\C/C=C\C/C=C\C/C=C\C/C=C\CCCCC(=O)OC(CO)COC(=O)CCCCCCCCCCCCCCCCCCCCCCCC/C=C\C/C=C\C/C=C\CCCCCCC. The Balaban J connectivity index is 3.53. The Hall–Kier alpha value is -3.96. The van der Waals surface area contributed by atoms with Crippen LogP contribution in [0.15, 0.2) is 134 Å². The summed E-state index contributed by atoms with van der Waals surface area (Å²) in [6.07, 6.45) is 100. The number of carbonyl (C=O) groups is 2. The number of rotatable bonds is 59. The van der Waals surface area contributed by atoms with Gasteiger partial charge in [0, 0.05) is 12.8 Å². The summed E-state index contributed by atoms with van der Waals surface area (Å²) in [5.41, 5.74) is 0. The topological polar surface area (TPSA) is 72.8 Å². The maximum atomic E-state index is 12.3. The average molecular weight is 1080 g/mol. The summed E-state index contributed by atoms with van der Waals surface area (Å²) in [4.78, 5) is 24.6. The lowest BCUT2D eigenvalue weighted by Crippen LogP contribution is -2.28. The highest BCUT2D eigenvalue weighted by molar-refractivity contribution is 5.70. The Morgan fingerprint density at radius 3 is 0.859 bits per heavy atom. The Bertz CT molecular complexity index is 1600. The number of aliphatic hydroxyl groups is 1. The van der Waals surface area contributed by atoms with Gasteiger partial charge in [-0.1, -0.05) is 302 Å². The minimum atomic E-state index is -0.805. The minimum Gasteiger partial charge on any atom is -0.462 e. The highest BCUT2D eigenvalue weighted by Gasteiger charge is 2.16. The van der Waals surface area contributed by atoms with Gasteiger partial charge in [0.25, 0.3) is 0 Å². The summed E-state index contributed by atoms with van der Waals surface area (Å²) in [5.74, 6) is -0.641. The van der Waals surface area contributed by atoms with Crippen LogP contribution in [0.25, 0.3) is 0 Å². The van der Waals surface area contributed by atoms with E-state index in [1.807, 2.05) is 0 Å². The highest BCUT2D eigenvalue weighted by Crippen LogP contribution is 2.17. The molecular weight excluding hydrogens is 957 g/mol. The van der Waals surface area contributed by atoms with Gasteiger partial charge in [0.15, 0.2) is 6.10 Å². The zero-order valence-corrected chi connectivity index (χ0v) is 50.9. The minimum absolute atomic E-state index is 0.0893. The Labute approximate surface area is 483 Å². The van der Waals surface area contributed by atoms with Crippen molar-refractivity contribution in [2.45, 2.75) is 302 Å². The van der Waals surface area contributed by atoms with Crippen LogP contribution in [0.5, 0.6) is 0 Å². The van der Waals surface area contributed by atoms with Gasteiger partial charge in [-0.15, -0.1) is 0 Å². The average Bonchev–Trinajstić information content (AvgIpc) is 3.44. The van der Waals surface area contributed by atoms with Crippen molar-refractivity contribution >= 4 is 11.9 Å². The molecule has 0 aromatic rings. The van der Waals surface area contributed by atoms with E-state index in [0.717, 1.165) is 103 Å². The number of esters is 2. The zero-order valence-electron chi connectivity index (χ0n) is 50.9. The van der Waals surface area contributed by atoms with E-state index >= 15 is 0 Å². The predicted octanol–water partition coefficient (Wildman–Crippen LogP) is 22.8. The van der Waals surface area contributed by atoms with Gasteiger partial charge in [-0.25, -0.2) is 0 Å². The molecule has 0 fully saturated rings. The number of hydrogen-bond acceptors (Lipinski definition) is 5. The van der Waals surface area contributed by atoms with Crippen LogP contribution in [0.3, 0.4) is 0 Å². The molecule has 1 N–H and O–H groups in total. The van der Waals surface area contributed by atoms with Gasteiger partial charge in [-0.2, -0.15) is 0 Å². The Morgan fingerprint density at radius 2 is 0.551 bits per heavy atom. The van der Waals surface area contributed by atoms with Crippen molar-refractivity contribution in [2.75, 3.05) is 13.2 Å². The highest BCUT2D eigenvalue weighted by atomic mass is 16.6. The van der Waals surface area contributed by atoms with Gasteiger partial charge < -0.3 is 14.6 Å². The van der Waals surface area contributed by atoms with Gasteiger partial charge in [-0.05, 0) is 116 Å². The van der Waals surface area contributed by atoms with E-state index in [0.29, 0.717) is 12.8 Å². The van der Waals surface area contributed by atoms with Crippen molar-refractivity contribution in [1.29, 1.82) is 0 Å². The van der Waals surface area contributed by atoms with Crippen molar-refractivity contribution < 1.29 is 24.2 Å². The maximum Gasteiger partial charge on any atom is 0.306 e. The van der Waals surface area contributed by atoms with E-state index < -0.39 is 6.10 Å². The first kappa shape index (κ1) is 74.0. The summed E-state index contributed by atoms with van der Waals surface area (Å²) in [6, 6.07) is 0. The van der Waals surface area contributed by atoms with Crippen molar-refractivity contribution in [2.24, 2.45) is 0 Å². The maximum absolute atomic E-state index is 12.3. The molecule has 0 aliphatic heterocycles. The van der Waals surface area contributed by atoms with Crippen LogP contribution in [0.2, 0.25) is 0 Å². The smallest absolute Gasteiger partial charge is 0.306 e. The zero-order chi connectivity index (χ0) is 56.2. The molecule has 0 heterocycles. The summed E-state index contributed by atoms with van der Waals surface area (Å²) in [5, 5.41) is 9.67. The van der Waals surface area contributed by atoms with Gasteiger partial charge in [0.2, 0.25) is 0 Å². The van der Waals surface area contributed by atoms with Crippen LogP contribution in [-0.2, 0) is 19.1 Å². The first-order valence-corrected chi connectivity index (χ1v) is 32.7. The summed E-state index contributed by atoms with van der Waals surface area (Å²) in [7, 11) is 0. The van der Waals surface area contributed by atoms with Gasteiger partial charge in [0.1, 0.15) is 6.61 Å². The molecule has 0 aliphatic rings. The molecule has 1 unspecified atom stereocenters. The third kappa shape index (κ3) is 64.6. The van der Waals surface area contributed by atoms with Crippen molar-refractivity contribution in [1.82, 2.24) is 0 Å². The van der Waals surface area contributed by atoms with E-state index in [2.05, 4.69) is 148 Å². The molecule has 0 saturated heterocycles. The molecule has 444 valence electrons. The summed E-state index contributed by atoms with van der Waals surface area (Å²) in [6.45, 7) is 3.99. The summed E-state index contributed by atoms with van der Waals surface area (Å²) < 4.78 is 10.7. The molecular formula is C73H122O5. The Kier molecular flexibility index (Phi) is 63.9. The lowest BCUT2D eigenvalue weighted by atomic mass is 10.0. The van der Waals surface area contributed by atoms with Crippen molar-refractivity contribution in [3.05, 3.63) is 134 Å². The lowest BCUT2D eigenvalue weighted by molar-refractivity contribution is -0.161. The van der Waals surface area contributed by atoms with Gasteiger partial charge in [0.05, 0.1) is 6.61 Å². The van der Waals surface area contributed by atoms with Gasteiger partial charge >= 0.3 is 11.9 Å². The third-order valence-electron chi connectivity index (χ3n) is 13.9. The molecule has 0 aromatic carbocycles. The third-order valence-corrected chi connectivity index (χ3v) is 13.9. The molecule has 0 spiro atoms. The second kappa shape index (κ2) is 67.3. The fraction of sp³-hybridized carbons (Fsp3) is 0.671. The number of aliphatic hydroxyl groups excluding tert-OH is 1. The normalized spacial score (nSPS) is 13.1. The lowest BCUT2D eigenvalue weighted by Gasteiger charge is -2.15. The first-order chi connectivity index (χ1) is 38.6. The van der Waals surface area contributed by atoms with Crippen molar-refractivity contribution in [3.8, 4) is 0 Å². The van der Waals surface area contributed by atoms with Crippen LogP contribution in [-0.4, -0.2) is 36.4 Å². The molecule has 1 atom stereocenters. The largest absolute Gasteiger partial charge is 0.462 e. The van der Waals surface area contributed by atoms with Crippen LogP contribution >= 0.6 is 0 Å². The fourth-order valence-corrected chi connectivity index (χ4v) is 9.05. The predicted molar refractivity (Wildman–Crippen MR) is 343 cm³/mol. The first-order valence-electron chi connectivity index (χ1n) is 32.7. The quantitative estimate of drug-likeness (QED) is 0.0373. The van der Waals surface area contributed by atoms with E-state index in [-0.39, 0.29) is 25.2 Å². The van der Waals surface area contributed by atoms with Crippen LogP contribution in [0, 0.1) is 0 Å².